The normalized spacial score (nSPS) is 17.4. The van der Waals surface area contributed by atoms with Crippen LogP contribution in [0.5, 0.6) is 0 Å². The highest BCUT2D eigenvalue weighted by Crippen LogP contribution is 2.24. The molecule has 0 saturated heterocycles. The predicted octanol–water partition coefficient (Wildman–Crippen LogP) is 2.61. The van der Waals surface area contributed by atoms with Crippen molar-refractivity contribution >= 4 is 5.97 Å². The van der Waals surface area contributed by atoms with Crippen LogP contribution in [0.15, 0.2) is 12.3 Å². The van der Waals surface area contributed by atoms with E-state index < -0.39 is 23.2 Å². The average Bonchev–Trinajstić information content (AvgIpc) is 2.56. The van der Waals surface area contributed by atoms with E-state index >= 15 is 0 Å². The minimum atomic E-state index is -2.05. The van der Waals surface area contributed by atoms with Crippen LogP contribution in [0.4, 0.5) is 0 Å². The molecule has 0 aromatic carbocycles. The molecule has 0 aliphatic rings. The quantitative estimate of drug-likeness (QED) is 0.469. The van der Waals surface area contributed by atoms with Gasteiger partial charge in [-0.05, 0) is 69.1 Å². The molecule has 0 fully saturated rings. The van der Waals surface area contributed by atoms with E-state index in [0.717, 1.165) is 24.0 Å². The number of carbonyl (C=O) groups is 1. The van der Waals surface area contributed by atoms with Crippen LogP contribution in [0.1, 0.15) is 70.2 Å². The summed E-state index contributed by atoms with van der Waals surface area (Å²) in [6.45, 7) is 9.63. The Bertz CT molecular complexity index is 631. The first-order chi connectivity index (χ1) is 12.4. The molecule has 0 aliphatic heterocycles. The molecular formula is C21H36N2O4. The highest BCUT2D eigenvalue weighted by Gasteiger charge is 2.43. The van der Waals surface area contributed by atoms with Gasteiger partial charge >= 0.3 is 5.97 Å². The average molecular weight is 381 g/mol. The van der Waals surface area contributed by atoms with Crippen molar-refractivity contribution in [2.75, 3.05) is 0 Å². The van der Waals surface area contributed by atoms with Crippen molar-refractivity contribution in [3.05, 3.63) is 29.1 Å². The first-order valence-electron chi connectivity index (χ1n) is 9.79. The standard InChI is InChI=1S/C21H36N2O4/c1-6-20(5,26)9-7-8-16-11-17(23-13-15(16)4)12-21(27,19(24)25)18(22)10-14(2)3/h11,13-14,18,26-27H,6-10,12,22H2,1-5H3,(H,24,25)/t18-,20?,21+/m0/s1. The number of nitrogens with zero attached hydrogens (tertiary/aromatic N) is 1. The van der Waals surface area contributed by atoms with E-state index in [1.165, 1.54) is 0 Å². The van der Waals surface area contributed by atoms with Crippen molar-refractivity contribution < 1.29 is 20.1 Å². The number of hydrogen-bond donors (Lipinski definition) is 4. The van der Waals surface area contributed by atoms with Gasteiger partial charge in [-0.3, -0.25) is 4.98 Å². The van der Waals surface area contributed by atoms with E-state index in [1.54, 1.807) is 6.20 Å². The summed E-state index contributed by atoms with van der Waals surface area (Å²) in [5.74, 6) is -1.14. The molecule has 1 aromatic heterocycles. The number of pyridine rings is 1. The first kappa shape index (κ1) is 23.5. The van der Waals surface area contributed by atoms with Crippen LogP contribution < -0.4 is 5.73 Å². The van der Waals surface area contributed by atoms with E-state index in [4.69, 9.17) is 5.73 Å². The van der Waals surface area contributed by atoms with E-state index in [2.05, 4.69) is 4.98 Å². The van der Waals surface area contributed by atoms with Crippen LogP contribution in [-0.4, -0.2) is 43.5 Å². The fourth-order valence-corrected chi connectivity index (χ4v) is 3.16. The number of aliphatic hydroxyl groups is 2. The van der Waals surface area contributed by atoms with Gasteiger partial charge in [0.15, 0.2) is 5.60 Å². The van der Waals surface area contributed by atoms with Crippen LogP contribution in [-0.2, 0) is 17.6 Å². The zero-order valence-corrected chi connectivity index (χ0v) is 17.3. The summed E-state index contributed by atoms with van der Waals surface area (Å²) in [5.41, 5.74) is 5.89. The third kappa shape index (κ3) is 6.87. The molecule has 154 valence electrons. The van der Waals surface area contributed by atoms with Crippen molar-refractivity contribution in [1.29, 1.82) is 0 Å². The summed E-state index contributed by atoms with van der Waals surface area (Å²) in [6.07, 6.45) is 4.97. The van der Waals surface area contributed by atoms with Gasteiger partial charge < -0.3 is 21.1 Å². The second-order valence-corrected chi connectivity index (χ2v) is 8.45. The molecule has 0 aliphatic carbocycles. The van der Waals surface area contributed by atoms with Crippen molar-refractivity contribution in [1.82, 2.24) is 4.98 Å². The minimum absolute atomic E-state index is 0.129. The SMILES string of the molecule is CCC(C)(O)CCCc1cc(C[C@](O)(C(=O)O)[C@@H](N)CC(C)C)ncc1C. The van der Waals surface area contributed by atoms with Crippen LogP contribution >= 0.6 is 0 Å². The Labute approximate surface area is 162 Å². The lowest BCUT2D eigenvalue weighted by Crippen LogP contribution is -2.56. The van der Waals surface area contributed by atoms with E-state index in [0.29, 0.717) is 25.0 Å². The highest BCUT2D eigenvalue weighted by atomic mass is 16.4. The number of aliphatic carboxylic acids is 1. The van der Waals surface area contributed by atoms with Gasteiger partial charge in [0, 0.05) is 24.4 Å². The lowest BCUT2D eigenvalue weighted by molar-refractivity contribution is -0.161. The van der Waals surface area contributed by atoms with Crippen molar-refractivity contribution in [2.24, 2.45) is 11.7 Å². The molecule has 1 heterocycles. The van der Waals surface area contributed by atoms with Gasteiger partial charge in [-0.2, -0.15) is 0 Å². The summed E-state index contributed by atoms with van der Waals surface area (Å²) < 4.78 is 0. The fraction of sp³-hybridized carbons (Fsp3) is 0.714. The molecule has 1 unspecified atom stereocenters. The largest absolute Gasteiger partial charge is 0.479 e. The smallest absolute Gasteiger partial charge is 0.337 e. The lowest BCUT2D eigenvalue weighted by atomic mass is 9.84. The molecule has 27 heavy (non-hydrogen) atoms. The topological polar surface area (TPSA) is 117 Å². The van der Waals surface area contributed by atoms with E-state index in [-0.39, 0.29) is 12.3 Å². The number of hydrogen-bond acceptors (Lipinski definition) is 5. The maximum atomic E-state index is 11.7. The molecule has 0 spiro atoms. The van der Waals surface area contributed by atoms with Crippen LogP contribution in [0.2, 0.25) is 0 Å². The summed E-state index contributed by atoms with van der Waals surface area (Å²) in [7, 11) is 0. The van der Waals surface area contributed by atoms with Crippen molar-refractivity contribution in [2.45, 2.75) is 90.4 Å². The number of aromatic nitrogens is 1. The fourth-order valence-electron chi connectivity index (χ4n) is 3.16. The van der Waals surface area contributed by atoms with Gasteiger partial charge in [0.05, 0.1) is 5.60 Å². The molecular weight excluding hydrogens is 344 g/mol. The van der Waals surface area contributed by atoms with Gasteiger partial charge in [-0.25, -0.2) is 4.79 Å². The maximum Gasteiger partial charge on any atom is 0.337 e. The summed E-state index contributed by atoms with van der Waals surface area (Å²) >= 11 is 0. The number of rotatable bonds is 11. The van der Waals surface area contributed by atoms with E-state index in [9.17, 15) is 20.1 Å². The Hall–Kier alpha value is -1.50. The summed E-state index contributed by atoms with van der Waals surface area (Å²) in [6, 6.07) is 0.979. The zero-order valence-electron chi connectivity index (χ0n) is 17.3. The molecule has 0 amide bonds. The van der Waals surface area contributed by atoms with Gasteiger partial charge in [-0.15, -0.1) is 0 Å². The highest BCUT2D eigenvalue weighted by molar-refractivity contribution is 5.78. The Morgan fingerprint density at radius 3 is 2.48 bits per heavy atom. The third-order valence-electron chi connectivity index (χ3n) is 5.35. The Kier molecular flexibility index (Phi) is 8.39. The minimum Gasteiger partial charge on any atom is -0.479 e. The van der Waals surface area contributed by atoms with E-state index in [1.807, 2.05) is 40.7 Å². The molecule has 5 N–H and O–H groups in total. The Balaban J connectivity index is 2.94. The molecule has 1 rings (SSSR count). The van der Waals surface area contributed by atoms with Gasteiger partial charge in [0.25, 0.3) is 0 Å². The molecule has 6 nitrogen and oxygen atoms in total. The summed E-state index contributed by atoms with van der Waals surface area (Å²) in [5, 5.41) is 30.5. The number of carboxylic acid groups (broad SMARTS) is 1. The second kappa shape index (κ2) is 9.62. The second-order valence-electron chi connectivity index (χ2n) is 8.45. The van der Waals surface area contributed by atoms with Crippen LogP contribution in [0.3, 0.4) is 0 Å². The van der Waals surface area contributed by atoms with Gasteiger partial charge in [0.2, 0.25) is 0 Å². The maximum absolute atomic E-state index is 11.7. The van der Waals surface area contributed by atoms with Crippen molar-refractivity contribution in [3.8, 4) is 0 Å². The summed E-state index contributed by atoms with van der Waals surface area (Å²) in [4.78, 5) is 16.0. The third-order valence-corrected chi connectivity index (χ3v) is 5.35. The molecule has 6 heteroatoms. The van der Waals surface area contributed by atoms with Crippen LogP contribution in [0.25, 0.3) is 0 Å². The predicted molar refractivity (Wildman–Crippen MR) is 107 cm³/mol. The molecule has 1 aromatic rings. The lowest BCUT2D eigenvalue weighted by Gasteiger charge is -2.30. The van der Waals surface area contributed by atoms with Crippen molar-refractivity contribution in [3.63, 3.8) is 0 Å². The Morgan fingerprint density at radius 2 is 1.96 bits per heavy atom. The van der Waals surface area contributed by atoms with Crippen LogP contribution in [0, 0.1) is 12.8 Å². The Morgan fingerprint density at radius 1 is 1.33 bits per heavy atom. The van der Waals surface area contributed by atoms with Gasteiger partial charge in [0.1, 0.15) is 0 Å². The van der Waals surface area contributed by atoms with Gasteiger partial charge in [-0.1, -0.05) is 20.8 Å². The monoisotopic (exact) mass is 380 g/mol. The number of aryl methyl sites for hydroxylation is 2. The molecule has 0 radical (unpaired) electrons. The molecule has 0 saturated carbocycles. The number of carboxylic acids is 1. The molecule has 3 atom stereocenters. The molecule has 0 bridgehead atoms. The number of nitrogens with two attached hydrogens (primary N) is 1. The zero-order chi connectivity index (χ0) is 20.8. The first-order valence-corrected chi connectivity index (χ1v) is 9.79.